The maximum absolute atomic E-state index is 13.9. The Morgan fingerprint density at radius 1 is 1.27 bits per heavy atom. The molecule has 0 amide bonds. The van der Waals surface area contributed by atoms with Crippen LogP contribution < -0.4 is 4.74 Å². The van der Waals surface area contributed by atoms with Gasteiger partial charge in [0.25, 0.3) is 5.92 Å². The molecule has 0 N–H and O–H groups in total. The number of halogens is 6. The standard InChI is InChI=1S/C14H13F6NO/c1-6-11-9(4-13(6,16)17)12(22-8-2-7(15)3-8)21-5-10(11)14(18,19)20/h5-8H,2-4H2,1H3/t6-,7?,8?/m0/s1. The Kier molecular flexibility index (Phi) is 3.34. The van der Waals surface area contributed by atoms with Gasteiger partial charge in [0.2, 0.25) is 5.88 Å². The van der Waals surface area contributed by atoms with Crippen LogP contribution in [0.15, 0.2) is 6.20 Å². The van der Waals surface area contributed by atoms with Crippen LogP contribution in [-0.2, 0) is 12.6 Å². The molecular formula is C14H13F6NO. The van der Waals surface area contributed by atoms with E-state index in [2.05, 4.69) is 4.98 Å². The highest BCUT2D eigenvalue weighted by molar-refractivity contribution is 5.49. The Balaban J connectivity index is 2.02. The zero-order chi connectivity index (χ0) is 16.3. The number of aromatic nitrogens is 1. The zero-order valence-electron chi connectivity index (χ0n) is 11.6. The molecule has 1 fully saturated rings. The Morgan fingerprint density at radius 3 is 2.45 bits per heavy atom. The summed E-state index contributed by atoms with van der Waals surface area (Å²) in [5.41, 5.74) is -1.83. The fraction of sp³-hybridized carbons (Fsp3) is 0.643. The molecule has 2 nitrogen and oxygen atoms in total. The van der Waals surface area contributed by atoms with Crippen LogP contribution in [0.2, 0.25) is 0 Å². The quantitative estimate of drug-likeness (QED) is 0.758. The molecule has 0 aromatic carbocycles. The summed E-state index contributed by atoms with van der Waals surface area (Å²) in [6, 6.07) is 0. The molecule has 22 heavy (non-hydrogen) atoms. The maximum atomic E-state index is 13.9. The Morgan fingerprint density at radius 2 is 1.91 bits per heavy atom. The SMILES string of the molecule is C[C@H]1c2c(C(F)(F)F)cnc(OC3CC(F)C3)c2CC1(F)F. The minimum atomic E-state index is -4.76. The first-order chi connectivity index (χ1) is 10.1. The summed E-state index contributed by atoms with van der Waals surface area (Å²) in [5, 5.41) is 0. The minimum Gasteiger partial charge on any atom is -0.474 e. The predicted octanol–water partition coefficient (Wildman–Crippen LogP) is 4.27. The Bertz CT molecular complexity index is 594. The highest BCUT2D eigenvalue weighted by Gasteiger charge is 2.51. The molecule has 1 aromatic rings. The van der Waals surface area contributed by atoms with Crippen molar-refractivity contribution in [1.29, 1.82) is 0 Å². The molecule has 1 heterocycles. The lowest BCUT2D eigenvalue weighted by Gasteiger charge is -2.30. The molecule has 0 radical (unpaired) electrons. The van der Waals surface area contributed by atoms with Crippen molar-refractivity contribution < 1.29 is 31.1 Å². The van der Waals surface area contributed by atoms with Crippen LogP contribution in [0.3, 0.4) is 0 Å². The van der Waals surface area contributed by atoms with Gasteiger partial charge in [0.05, 0.1) is 5.56 Å². The zero-order valence-corrected chi connectivity index (χ0v) is 11.6. The van der Waals surface area contributed by atoms with E-state index in [9.17, 15) is 26.3 Å². The number of nitrogens with zero attached hydrogens (tertiary/aromatic N) is 1. The summed E-state index contributed by atoms with van der Waals surface area (Å²) in [7, 11) is 0. The molecule has 1 aromatic heterocycles. The predicted molar refractivity (Wildman–Crippen MR) is 64.9 cm³/mol. The molecule has 0 aliphatic heterocycles. The van der Waals surface area contributed by atoms with E-state index in [-0.39, 0.29) is 24.3 Å². The summed E-state index contributed by atoms with van der Waals surface area (Å²) >= 11 is 0. The normalized spacial score (nSPS) is 29.9. The van der Waals surface area contributed by atoms with Crippen molar-refractivity contribution in [3.63, 3.8) is 0 Å². The Labute approximate surface area is 122 Å². The number of ether oxygens (including phenoxy) is 1. The van der Waals surface area contributed by atoms with Crippen molar-refractivity contribution in [3.05, 3.63) is 22.9 Å². The molecule has 0 bridgehead atoms. The van der Waals surface area contributed by atoms with Gasteiger partial charge in [0, 0.05) is 36.9 Å². The van der Waals surface area contributed by atoms with Crippen LogP contribution >= 0.6 is 0 Å². The summed E-state index contributed by atoms with van der Waals surface area (Å²) in [6.45, 7) is 1.06. The van der Waals surface area contributed by atoms with Gasteiger partial charge >= 0.3 is 6.18 Å². The summed E-state index contributed by atoms with van der Waals surface area (Å²) in [4.78, 5) is 3.57. The van der Waals surface area contributed by atoms with Crippen LogP contribution in [0, 0.1) is 0 Å². The van der Waals surface area contributed by atoms with Crippen molar-refractivity contribution in [2.45, 2.75) is 56.5 Å². The molecule has 2 aliphatic carbocycles. The molecule has 122 valence electrons. The first kappa shape index (κ1) is 15.4. The smallest absolute Gasteiger partial charge is 0.418 e. The molecule has 0 spiro atoms. The largest absolute Gasteiger partial charge is 0.474 e. The fourth-order valence-corrected chi connectivity index (χ4v) is 2.90. The number of fused-ring (bicyclic) bond motifs is 1. The molecule has 0 saturated heterocycles. The minimum absolute atomic E-state index is 0.101. The van der Waals surface area contributed by atoms with Gasteiger partial charge in [-0.3, -0.25) is 0 Å². The van der Waals surface area contributed by atoms with E-state index in [0.29, 0.717) is 6.20 Å². The molecule has 1 atom stereocenters. The van der Waals surface area contributed by atoms with Crippen LogP contribution in [0.5, 0.6) is 5.88 Å². The number of rotatable bonds is 2. The van der Waals surface area contributed by atoms with Crippen molar-refractivity contribution in [2.75, 3.05) is 0 Å². The molecule has 1 saturated carbocycles. The third-order valence-electron chi connectivity index (χ3n) is 4.28. The highest BCUT2D eigenvalue weighted by atomic mass is 19.4. The second-order valence-electron chi connectivity index (χ2n) is 5.84. The van der Waals surface area contributed by atoms with Gasteiger partial charge in [-0.1, -0.05) is 6.92 Å². The van der Waals surface area contributed by atoms with Gasteiger partial charge in [-0.05, 0) is 5.56 Å². The highest BCUT2D eigenvalue weighted by Crippen LogP contribution is 2.51. The lowest BCUT2D eigenvalue weighted by molar-refractivity contribution is -0.139. The third kappa shape index (κ3) is 2.42. The first-order valence-corrected chi connectivity index (χ1v) is 6.87. The average Bonchev–Trinajstić information content (AvgIpc) is 2.58. The van der Waals surface area contributed by atoms with E-state index in [1.54, 1.807) is 0 Å². The molecule has 0 unspecified atom stereocenters. The van der Waals surface area contributed by atoms with Gasteiger partial charge < -0.3 is 4.74 Å². The summed E-state index contributed by atoms with van der Waals surface area (Å²) in [5.74, 6) is -5.09. The molecule has 3 rings (SSSR count). The van der Waals surface area contributed by atoms with E-state index < -0.39 is 47.8 Å². The van der Waals surface area contributed by atoms with E-state index in [0.717, 1.165) is 6.92 Å². The second kappa shape index (κ2) is 4.76. The lowest BCUT2D eigenvalue weighted by atomic mass is 9.93. The first-order valence-electron chi connectivity index (χ1n) is 6.87. The van der Waals surface area contributed by atoms with Gasteiger partial charge in [0.15, 0.2) is 0 Å². The number of hydrogen-bond donors (Lipinski definition) is 0. The molecule has 2 aliphatic rings. The van der Waals surface area contributed by atoms with Crippen LogP contribution in [-0.4, -0.2) is 23.2 Å². The van der Waals surface area contributed by atoms with Gasteiger partial charge in [-0.2, -0.15) is 13.2 Å². The lowest BCUT2D eigenvalue weighted by Crippen LogP contribution is -2.35. The number of alkyl halides is 6. The second-order valence-corrected chi connectivity index (χ2v) is 5.84. The average molecular weight is 325 g/mol. The summed E-state index contributed by atoms with van der Waals surface area (Å²) in [6.07, 6.45) is -6.42. The van der Waals surface area contributed by atoms with Crippen molar-refractivity contribution in [2.24, 2.45) is 0 Å². The topological polar surface area (TPSA) is 22.1 Å². The van der Waals surface area contributed by atoms with E-state index in [4.69, 9.17) is 4.74 Å². The maximum Gasteiger partial charge on any atom is 0.418 e. The van der Waals surface area contributed by atoms with E-state index >= 15 is 0 Å². The van der Waals surface area contributed by atoms with Crippen LogP contribution in [0.4, 0.5) is 26.3 Å². The Hall–Kier alpha value is -1.47. The fourth-order valence-electron chi connectivity index (χ4n) is 2.90. The van der Waals surface area contributed by atoms with Crippen molar-refractivity contribution >= 4 is 0 Å². The van der Waals surface area contributed by atoms with Crippen molar-refractivity contribution in [3.8, 4) is 5.88 Å². The van der Waals surface area contributed by atoms with E-state index in [1.165, 1.54) is 0 Å². The van der Waals surface area contributed by atoms with Gasteiger partial charge in [-0.25, -0.2) is 18.2 Å². The van der Waals surface area contributed by atoms with Gasteiger partial charge in [0.1, 0.15) is 12.3 Å². The van der Waals surface area contributed by atoms with Gasteiger partial charge in [-0.15, -0.1) is 0 Å². The molecule has 8 heteroatoms. The third-order valence-corrected chi connectivity index (χ3v) is 4.28. The van der Waals surface area contributed by atoms with Crippen LogP contribution in [0.1, 0.15) is 42.4 Å². The summed E-state index contributed by atoms with van der Waals surface area (Å²) < 4.78 is 84.9. The van der Waals surface area contributed by atoms with Crippen molar-refractivity contribution in [1.82, 2.24) is 4.98 Å². The number of hydrogen-bond acceptors (Lipinski definition) is 2. The van der Waals surface area contributed by atoms with E-state index in [1.807, 2.05) is 0 Å². The van der Waals surface area contributed by atoms with Crippen LogP contribution in [0.25, 0.3) is 0 Å². The number of pyridine rings is 1. The monoisotopic (exact) mass is 325 g/mol. The molecular weight excluding hydrogens is 312 g/mol.